The van der Waals surface area contributed by atoms with Gasteiger partial charge in [0.25, 0.3) is 0 Å². The monoisotopic (exact) mass is 185 g/mol. The van der Waals surface area contributed by atoms with Gasteiger partial charge in [-0.2, -0.15) is 0 Å². The highest BCUT2D eigenvalue weighted by molar-refractivity contribution is 4.70. The Morgan fingerprint density at radius 1 is 0.923 bits per heavy atom. The molecule has 13 heavy (non-hydrogen) atoms. The molecule has 0 aromatic heterocycles. The predicted octanol–water partition coefficient (Wildman–Crippen LogP) is 3.54. The zero-order valence-corrected chi connectivity index (χ0v) is 10.1. The van der Waals surface area contributed by atoms with Crippen LogP contribution in [0.5, 0.6) is 0 Å². The number of nitrogens with zero attached hydrogens (tertiary/aromatic N) is 1. The zero-order valence-electron chi connectivity index (χ0n) is 10.1. The lowest BCUT2D eigenvalue weighted by Gasteiger charge is -2.30. The van der Waals surface area contributed by atoms with Crippen LogP contribution >= 0.6 is 0 Å². The minimum absolute atomic E-state index is 0.810. The summed E-state index contributed by atoms with van der Waals surface area (Å²) >= 11 is 0. The minimum atomic E-state index is 0.810. The van der Waals surface area contributed by atoms with Gasteiger partial charge in [-0.15, -0.1) is 0 Å². The third-order valence-electron chi connectivity index (χ3n) is 3.17. The van der Waals surface area contributed by atoms with Crippen molar-refractivity contribution in [1.82, 2.24) is 4.90 Å². The Labute approximate surface area is 84.5 Å². The van der Waals surface area contributed by atoms with E-state index >= 15 is 0 Å². The van der Waals surface area contributed by atoms with Gasteiger partial charge in [0.15, 0.2) is 0 Å². The van der Waals surface area contributed by atoms with Crippen molar-refractivity contribution in [3.8, 4) is 0 Å². The topological polar surface area (TPSA) is 3.24 Å². The van der Waals surface area contributed by atoms with E-state index in [0.29, 0.717) is 0 Å². The van der Waals surface area contributed by atoms with Crippen LogP contribution in [0.3, 0.4) is 0 Å². The fourth-order valence-electron chi connectivity index (χ4n) is 1.95. The van der Waals surface area contributed by atoms with Crippen LogP contribution in [-0.2, 0) is 0 Å². The number of hydrogen-bond acceptors (Lipinski definition) is 1. The maximum Gasteiger partial charge on any atom is 0.00949 e. The van der Waals surface area contributed by atoms with Crippen LogP contribution in [0.15, 0.2) is 0 Å². The molecule has 0 fully saturated rings. The van der Waals surface area contributed by atoms with E-state index in [-0.39, 0.29) is 0 Å². The largest absolute Gasteiger partial charge is 0.301 e. The highest BCUT2D eigenvalue weighted by Gasteiger charge is 2.15. The average Bonchev–Trinajstić information content (AvgIpc) is 2.17. The van der Waals surface area contributed by atoms with E-state index in [9.17, 15) is 0 Å². The van der Waals surface area contributed by atoms with Crippen LogP contribution in [0.4, 0.5) is 0 Å². The van der Waals surface area contributed by atoms with E-state index in [1.165, 1.54) is 32.4 Å². The third kappa shape index (κ3) is 4.66. The lowest BCUT2D eigenvalue weighted by Crippen LogP contribution is -2.35. The molecule has 0 heterocycles. The van der Waals surface area contributed by atoms with Crippen molar-refractivity contribution in [1.29, 1.82) is 0 Å². The first-order chi connectivity index (χ1) is 6.19. The SMILES string of the molecule is CCC(C)CC(CC)N(CC)CC. The van der Waals surface area contributed by atoms with E-state index in [4.69, 9.17) is 0 Å². The maximum atomic E-state index is 2.59. The van der Waals surface area contributed by atoms with Gasteiger partial charge in [0.1, 0.15) is 0 Å². The van der Waals surface area contributed by atoms with Gasteiger partial charge in [0.2, 0.25) is 0 Å². The first-order valence-corrected chi connectivity index (χ1v) is 5.93. The molecule has 0 saturated heterocycles. The molecule has 1 heteroatoms. The molecular weight excluding hydrogens is 158 g/mol. The maximum absolute atomic E-state index is 2.59. The smallest absolute Gasteiger partial charge is 0.00949 e. The molecule has 0 N–H and O–H groups in total. The van der Waals surface area contributed by atoms with Crippen molar-refractivity contribution >= 4 is 0 Å². The van der Waals surface area contributed by atoms with Crippen LogP contribution in [0.1, 0.15) is 53.9 Å². The van der Waals surface area contributed by atoms with Gasteiger partial charge in [-0.25, -0.2) is 0 Å². The first-order valence-electron chi connectivity index (χ1n) is 5.93. The Morgan fingerprint density at radius 3 is 1.77 bits per heavy atom. The van der Waals surface area contributed by atoms with Gasteiger partial charge < -0.3 is 4.90 Å². The molecule has 0 aromatic carbocycles. The standard InChI is InChI=1S/C12H27N/c1-6-11(5)10-12(7-2)13(8-3)9-4/h11-12H,6-10H2,1-5H3. The van der Waals surface area contributed by atoms with Gasteiger partial charge in [-0.3, -0.25) is 0 Å². The summed E-state index contributed by atoms with van der Waals surface area (Å²) < 4.78 is 0. The molecule has 0 radical (unpaired) electrons. The van der Waals surface area contributed by atoms with E-state index in [2.05, 4.69) is 39.5 Å². The minimum Gasteiger partial charge on any atom is -0.301 e. The van der Waals surface area contributed by atoms with Crippen molar-refractivity contribution in [2.24, 2.45) is 5.92 Å². The Hall–Kier alpha value is -0.0400. The van der Waals surface area contributed by atoms with Crippen LogP contribution < -0.4 is 0 Å². The Balaban J connectivity index is 3.98. The van der Waals surface area contributed by atoms with Crippen molar-refractivity contribution < 1.29 is 0 Å². The summed E-state index contributed by atoms with van der Waals surface area (Å²) in [4.78, 5) is 2.59. The molecule has 2 atom stereocenters. The molecule has 0 bridgehead atoms. The van der Waals surface area contributed by atoms with Crippen LogP contribution in [0.25, 0.3) is 0 Å². The second-order valence-electron chi connectivity index (χ2n) is 4.03. The van der Waals surface area contributed by atoms with Gasteiger partial charge in [-0.1, -0.05) is 41.0 Å². The molecular formula is C12H27N. The quantitative estimate of drug-likeness (QED) is 0.586. The summed E-state index contributed by atoms with van der Waals surface area (Å²) in [6, 6.07) is 0.810. The normalized spacial score (nSPS) is 16.2. The molecule has 80 valence electrons. The highest BCUT2D eigenvalue weighted by Crippen LogP contribution is 2.16. The molecule has 0 amide bonds. The molecule has 0 aromatic rings. The molecule has 0 aliphatic heterocycles. The first kappa shape index (κ1) is 13.0. The summed E-state index contributed by atoms with van der Waals surface area (Å²) in [5.74, 6) is 0.880. The molecule has 0 saturated carbocycles. The molecule has 2 unspecified atom stereocenters. The Morgan fingerprint density at radius 2 is 1.46 bits per heavy atom. The Kier molecular flexibility index (Phi) is 7.35. The molecule has 0 aliphatic carbocycles. The van der Waals surface area contributed by atoms with Crippen LogP contribution in [0.2, 0.25) is 0 Å². The lowest BCUT2D eigenvalue weighted by molar-refractivity contribution is 0.181. The third-order valence-corrected chi connectivity index (χ3v) is 3.17. The van der Waals surface area contributed by atoms with Gasteiger partial charge in [0.05, 0.1) is 0 Å². The van der Waals surface area contributed by atoms with Crippen molar-refractivity contribution in [3.05, 3.63) is 0 Å². The van der Waals surface area contributed by atoms with E-state index in [0.717, 1.165) is 12.0 Å². The summed E-state index contributed by atoms with van der Waals surface area (Å²) in [5.41, 5.74) is 0. The van der Waals surface area contributed by atoms with E-state index < -0.39 is 0 Å². The van der Waals surface area contributed by atoms with Crippen LogP contribution in [0, 0.1) is 5.92 Å². The zero-order chi connectivity index (χ0) is 10.3. The summed E-state index contributed by atoms with van der Waals surface area (Å²) in [5, 5.41) is 0. The van der Waals surface area contributed by atoms with Gasteiger partial charge >= 0.3 is 0 Å². The molecule has 1 nitrogen and oxygen atoms in total. The number of hydrogen-bond donors (Lipinski definition) is 0. The van der Waals surface area contributed by atoms with Crippen molar-refractivity contribution in [2.45, 2.75) is 59.9 Å². The van der Waals surface area contributed by atoms with Crippen molar-refractivity contribution in [2.75, 3.05) is 13.1 Å². The average molecular weight is 185 g/mol. The molecule has 0 spiro atoms. The molecule has 0 rings (SSSR count). The fraction of sp³-hybridized carbons (Fsp3) is 1.00. The second-order valence-corrected chi connectivity index (χ2v) is 4.03. The fourth-order valence-corrected chi connectivity index (χ4v) is 1.95. The number of rotatable bonds is 7. The second kappa shape index (κ2) is 7.37. The summed E-state index contributed by atoms with van der Waals surface area (Å²) in [6.45, 7) is 13.9. The van der Waals surface area contributed by atoms with E-state index in [1.54, 1.807) is 0 Å². The highest BCUT2D eigenvalue weighted by atomic mass is 15.1. The van der Waals surface area contributed by atoms with Gasteiger partial charge in [0, 0.05) is 6.04 Å². The van der Waals surface area contributed by atoms with E-state index in [1.807, 2.05) is 0 Å². The lowest BCUT2D eigenvalue weighted by atomic mass is 9.96. The summed E-state index contributed by atoms with van der Waals surface area (Å²) in [6.07, 6.45) is 3.98. The summed E-state index contributed by atoms with van der Waals surface area (Å²) in [7, 11) is 0. The van der Waals surface area contributed by atoms with Crippen LogP contribution in [-0.4, -0.2) is 24.0 Å². The Bertz CT molecular complexity index is 108. The van der Waals surface area contributed by atoms with Crippen molar-refractivity contribution in [3.63, 3.8) is 0 Å². The predicted molar refractivity (Wildman–Crippen MR) is 61.1 cm³/mol. The molecule has 0 aliphatic rings. The van der Waals surface area contributed by atoms with Gasteiger partial charge in [-0.05, 0) is 31.8 Å².